The number of hydrogen-bond acceptors (Lipinski definition) is 5. The maximum Gasteiger partial charge on any atom is 0.126 e. The van der Waals surface area contributed by atoms with Crippen molar-refractivity contribution in [3.8, 4) is 0 Å². The van der Waals surface area contributed by atoms with Crippen LogP contribution in [0.2, 0.25) is 0 Å². The number of fused-ring (bicyclic) bond motifs is 1. The molecule has 6 nitrogen and oxygen atoms in total. The molecule has 4 atom stereocenters. The van der Waals surface area contributed by atoms with Crippen LogP contribution in [-0.4, -0.2) is 49.6 Å². The summed E-state index contributed by atoms with van der Waals surface area (Å²) in [6.07, 6.45) is -1.61. The smallest absolute Gasteiger partial charge is 0.126 e. The average Bonchev–Trinajstić information content (AvgIpc) is 2.79. The molecule has 13 heavy (non-hydrogen) atoms. The molecule has 2 aliphatic rings. The molecule has 2 saturated heterocycles. The van der Waals surface area contributed by atoms with Gasteiger partial charge in [0.1, 0.15) is 24.4 Å². The van der Waals surface area contributed by atoms with Crippen LogP contribution in [0.1, 0.15) is 0 Å². The number of carboxylic acids is 1. The Labute approximate surface area is 74.7 Å². The molecule has 0 aliphatic carbocycles. The van der Waals surface area contributed by atoms with E-state index in [2.05, 4.69) is 0 Å². The van der Waals surface area contributed by atoms with E-state index in [4.69, 9.17) is 14.2 Å². The fourth-order valence-electron chi connectivity index (χ4n) is 1.51. The highest BCUT2D eigenvalue weighted by molar-refractivity contribution is 5.71. The minimum absolute atomic E-state index is 0. The van der Waals surface area contributed by atoms with Crippen LogP contribution in [0.25, 0.3) is 0 Å². The zero-order chi connectivity index (χ0) is 8.72. The van der Waals surface area contributed by atoms with Gasteiger partial charge in [0, 0.05) is 7.11 Å². The number of carbonyl (C=O) groups is 1. The minimum Gasteiger partial charge on any atom is -0.547 e. The summed E-state index contributed by atoms with van der Waals surface area (Å²) < 4.78 is 15.1. The summed E-state index contributed by atoms with van der Waals surface area (Å²) in [6, 6.07) is 0. The van der Waals surface area contributed by atoms with Crippen molar-refractivity contribution in [1.29, 1.82) is 0 Å². The van der Waals surface area contributed by atoms with Crippen molar-refractivity contribution in [2.75, 3.05) is 13.7 Å². The van der Waals surface area contributed by atoms with Crippen molar-refractivity contribution in [2.24, 2.45) is 0 Å². The molecular formula is C7H11O6-. The van der Waals surface area contributed by atoms with Crippen LogP contribution in [0.5, 0.6) is 0 Å². The molecule has 2 heterocycles. The Morgan fingerprint density at radius 3 is 2.85 bits per heavy atom. The minimum atomic E-state index is -1.24. The SMILES string of the molecule is COC1C(C(=O)[O-])OCC2OC21.O. The number of carboxylic acid groups (broad SMARTS) is 1. The van der Waals surface area contributed by atoms with Crippen LogP contribution in [-0.2, 0) is 19.0 Å². The molecular weight excluding hydrogens is 180 g/mol. The molecule has 2 fully saturated rings. The first-order valence-corrected chi connectivity index (χ1v) is 3.74. The monoisotopic (exact) mass is 191 g/mol. The second kappa shape index (κ2) is 3.59. The van der Waals surface area contributed by atoms with Crippen LogP contribution in [0.3, 0.4) is 0 Å². The summed E-state index contributed by atoms with van der Waals surface area (Å²) in [6.45, 7) is 0.323. The van der Waals surface area contributed by atoms with Crippen molar-refractivity contribution in [3.63, 3.8) is 0 Å². The number of epoxide rings is 1. The molecule has 2 N–H and O–H groups in total. The van der Waals surface area contributed by atoms with E-state index >= 15 is 0 Å². The molecule has 0 aromatic carbocycles. The molecule has 0 radical (unpaired) electrons. The van der Waals surface area contributed by atoms with Gasteiger partial charge in [-0.25, -0.2) is 0 Å². The zero-order valence-electron chi connectivity index (χ0n) is 7.06. The molecule has 0 bridgehead atoms. The second-order valence-electron chi connectivity index (χ2n) is 2.91. The Morgan fingerprint density at radius 2 is 2.31 bits per heavy atom. The van der Waals surface area contributed by atoms with Crippen molar-refractivity contribution in [3.05, 3.63) is 0 Å². The van der Waals surface area contributed by atoms with E-state index in [0.29, 0.717) is 6.61 Å². The predicted molar refractivity (Wildman–Crippen MR) is 37.8 cm³/mol. The van der Waals surface area contributed by atoms with E-state index in [0.717, 1.165) is 0 Å². The summed E-state index contributed by atoms with van der Waals surface area (Å²) in [7, 11) is 1.44. The maximum atomic E-state index is 10.5. The fraction of sp³-hybridized carbons (Fsp3) is 0.857. The van der Waals surface area contributed by atoms with Crippen molar-refractivity contribution in [2.45, 2.75) is 24.4 Å². The third kappa shape index (κ3) is 1.66. The summed E-state index contributed by atoms with van der Waals surface area (Å²) in [5.41, 5.74) is 0. The molecule has 0 amide bonds. The molecule has 0 aromatic heterocycles. The van der Waals surface area contributed by atoms with Gasteiger partial charge in [-0.15, -0.1) is 0 Å². The molecule has 2 aliphatic heterocycles. The Bertz CT molecular complexity index is 205. The van der Waals surface area contributed by atoms with E-state index in [-0.39, 0.29) is 17.7 Å². The second-order valence-corrected chi connectivity index (χ2v) is 2.91. The molecule has 0 saturated carbocycles. The largest absolute Gasteiger partial charge is 0.547 e. The van der Waals surface area contributed by atoms with Gasteiger partial charge in [0.2, 0.25) is 0 Å². The first-order valence-electron chi connectivity index (χ1n) is 3.74. The zero-order valence-corrected chi connectivity index (χ0v) is 7.06. The predicted octanol–water partition coefficient (Wildman–Crippen LogP) is -2.91. The van der Waals surface area contributed by atoms with Gasteiger partial charge in [-0.2, -0.15) is 0 Å². The van der Waals surface area contributed by atoms with Crippen molar-refractivity contribution >= 4 is 5.97 Å². The first-order chi connectivity index (χ1) is 5.74. The quantitative estimate of drug-likeness (QED) is 0.435. The van der Waals surface area contributed by atoms with Gasteiger partial charge >= 0.3 is 0 Å². The highest BCUT2D eigenvalue weighted by Gasteiger charge is 2.53. The first kappa shape index (κ1) is 10.4. The number of methoxy groups -OCH3 is 1. The Hall–Kier alpha value is -0.690. The topological polar surface area (TPSA) is 103 Å². The van der Waals surface area contributed by atoms with Crippen LogP contribution < -0.4 is 5.11 Å². The summed E-state index contributed by atoms with van der Waals surface area (Å²) in [5, 5.41) is 10.5. The fourth-order valence-corrected chi connectivity index (χ4v) is 1.51. The molecule has 76 valence electrons. The van der Waals surface area contributed by atoms with Crippen LogP contribution >= 0.6 is 0 Å². The third-order valence-corrected chi connectivity index (χ3v) is 2.19. The molecule has 0 spiro atoms. The standard InChI is InChI=1S/C7H10O5.H2O/c1-10-5-4-3(12-4)2-11-6(5)7(8)9;/h3-6H,2H2,1H3,(H,8,9);1H2/p-1. The Balaban J connectivity index is 0.000000845. The Morgan fingerprint density at radius 1 is 1.62 bits per heavy atom. The van der Waals surface area contributed by atoms with Gasteiger partial charge < -0.3 is 29.6 Å². The molecule has 6 heteroatoms. The number of hydrogen-bond donors (Lipinski definition) is 0. The average molecular weight is 191 g/mol. The summed E-state index contributed by atoms with van der Waals surface area (Å²) in [4.78, 5) is 10.5. The third-order valence-electron chi connectivity index (χ3n) is 2.19. The highest BCUT2D eigenvalue weighted by Crippen LogP contribution is 2.34. The highest BCUT2D eigenvalue weighted by atomic mass is 16.7. The lowest BCUT2D eigenvalue weighted by molar-refractivity contribution is -0.322. The van der Waals surface area contributed by atoms with Crippen molar-refractivity contribution in [1.82, 2.24) is 0 Å². The van der Waals surface area contributed by atoms with E-state index in [1.165, 1.54) is 7.11 Å². The van der Waals surface area contributed by atoms with E-state index in [9.17, 15) is 9.90 Å². The van der Waals surface area contributed by atoms with Crippen LogP contribution in [0.4, 0.5) is 0 Å². The van der Waals surface area contributed by atoms with Gasteiger partial charge in [0.25, 0.3) is 0 Å². The number of ether oxygens (including phenoxy) is 3. The van der Waals surface area contributed by atoms with E-state index < -0.39 is 18.2 Å². The number of rotatable bonds is 2. The van der Waals surface area contributed by atoms with Crippen LogP contribution in [0.15, 0.2) is 0 Å². The number of carbonyl (C=O) groups excluding carboxylic acids is 1. The normalized spacial score (nSPS) is 41.6. The lowest BCUT2D eigenvalue weighted by atomic mass is 10.1. The molecule has 4 unspecified atom stereocenters. The van der Waals surface area contributed by atoms with E-state index in [1.54, 1.807) is 0 Å². The molecule has 0 aromatic rings. The molecule has 2 rings (SSSR count). The summed E-state index contributed by atoms with van der Waals surface area (Å²) >= 11 is 0. The van der Waals surface area contributed by atoms with Crippen molar-refractivity contribution < 1.29 is 29.6 Å². The number of aliphatic carboxylic acids is 1. The van der Waals surface area contributed by atoms with Crippen LogP contribution in [0, 0.1) is 0 Å². The van der Waals surface area contributed by atoms with E-state index in [1.807, 2.05) is 0 Å². The maximum absolute atomic E-state index is 10.5. The lowest BCUT2D eigenvalue weighted by Crippen LogP contribution is -2.51. The van der Waals surface area contributed by atoms with Gasteiger partial charge in [0.05, 0.1) is 12.6 Å². The van der Waals surface area contributed by atoms with Gasteiger partial charge in [-0.1, -0.05) is 0 Å². The van der Waals surface area contributed by atoms with Gasteiger partial charge in [-0.05, 0) is 0 Å². The van der Waals surface area contributed by atoms with Gasteiger partial charge in [-0.3, -0.25) is 0 Å². The lowest BCUT2D eigenvalue weighted by Gasteiger charge is -2.28. The Kier molecular flexibility index (Phi) is 2.87. The summed E-state index contributed by atoms with van der Waals surface area (Å²) in [5.74, 6) is -1.24. The van der Waals surface area contributed by atoms with Gasteiger partial charge in [0.15, 0.2) is 0 Å².